The molecule has 90 valence electrons. The second-order valence-electron chi connectivity index (χ2n) is 4.32. The van der Waals surface area contributed by atoms with Gasteiger partial charge in [-0.25, -0.2) is 12.7 Å². The van der Waals surface area contributed by atoms with E-state index in [1.807, 2.05) is 6.07 Å². The van der Waals surface area contributed by atoms with Crippen LogP contribution < -0.4 is 5.32 Å². The maximum Gasteiger partial charge on any atom is 0.242 e. The van der Waals surface area contributed by atoms with E-state index >= 15 is 0 Å². The molecule has 0 aromatic heterocycles. The van der Waals surface area contributed by atoms with E-state index in [9.17, 15) is 8.42 Å². The molecule has 1 aliphatic rings. The lowest BCUT2D eigenvalue weighted by Gasteiger charge is -2.12. The number of nitrogens with zero attached hydrogens (tertiary/aromatic N) is 1. The van der Waals surface area contributed by atoms with E-state index in [1.54, 1.807) is 26.2 Å². The van der Waals surface area contributed by atoms with Gasteiger partial charge in [-0.2, -0.15) is 0 Å². The van der Waals surface area contributed by atoms with Gasteiger partial charge in [0.25, 0.3) is 0 Å². The molecule has 1 aromatic rings. The largest absolute Gasteiger partial charge is 0.384 e. The van der Waals surface area contributed by atoms with Crippen LogP contribution in [0.3, 0.4) is 0 Å². The summed E-state index contributed by atoms with van der Waals surface area (Å²) >= 11 is 0. The smallest absolute Gasteiger partial charge is 0.242 e. The summed E-state index contributed by atoms with van der Waals surface area (Å²) in [6.45, 7) is 2.96. The minimum atomic E-state index is -3.32. The van der Waals surface area contributed by atoms with Crippen LogP contribution in [0.15, 0.2) is 23.1 Å². The molecule has 0 radical (unpaired) electrons. The van der Waals surface area contributed by atoms with E-state index in [1.165, 1.54) is 4.31 Å². The quantitative estimate of drug-likeness (QED) is 0.859. The number of hydrogen-bond donors (Lipinski definition) is 1. The van der Waals surface area contributed by atoms with Crippen LogP contribution in [0.4, 0.5) is 5.69 Å². The highest BCUT2D eigenvalue weighted by Crippen LogP contribution is 2.33. The molecule has 5 heteroatoms. The Labute approximate surface area is 97.8 Å². The fourth-order valence-corrected chi connectivity index (χ4v) is 2.79. The number of hydrogen-bond acceptors (Lipinski definition) is 3. The Balaban J connectivity index is 0.00000144. The molecule has 1 aromatic carbocycles. The van der Waals surface area contributed by atoms with Crippen molar-refractivity contribution in [3.8, 4) is 0 Å². The number of nitrogens with one attached hydrogen (secondary N) is 1. The van der Waals surface area contributed by atoms with Gasteiger partial charge in [0.2, 0.25) is 10.0 Å². The van der Waals surface area contributed by atoms with Crippen LogP contribution >= 0.6 is 0 Å². The highest BCUT2D eigenvalue weighted by molar-refractivity contribution is 7.89. The third kappa shape index (κ3) is 1.70. The number of rotatable bonds is 2. The Kier molecular flexibility index (Phi) is 2.67. The number of benzene rings is 1. The predicted octanol–water partition coefficient (Wildman–Crippen LogP) is 1.71. The normalized spacial score (nSPS) is 19.6. The summed E-state index contributed by atoms with van der Waals surface area (Å²) in [5.74, 6) is 0.368. The molecule has 16 heavy (non-hydrogen) atoms. The molecule has 4 nitrogen and oxygen atoms in total. The van der Waals surface area contributed by atoms with Gasteiger partial charge in [0.15, 0.2) is 0 Å². The Hall–Kier alpha value is -1.07. The lowest BCUT2D eigenvalue weighted by molar-refractivity contribution is 0.520. The second kappa shape index (κ2) is 3.75. The molecular formula is C11H18N2O2S. The van der Waals surface area contributed by atoms with E-state index in [0.717, 1.165) is 17.8 Å². The van der Waals surface area contributed by atoms with Crippen molar-refractivity contribution in [1.82, 2.24) is 4.31 Å². The van der Waals surface area contributed by atoms with E-state index in [0.29, 0.717) is 10.8 Å². The summed E-state index contributed by atoms with van der Waals surface area (Å²) in [6.07, 6.45) is 0. The van der Waals surface area contributed by atoms with Gasteiger partial charge in [-0.1, -0.05) is 6.92 Å². The fraction of sp³-hybridized carbons (Fsp3) is 0.455. The SMILES string of the molecule is CC1CNc2ccc(S(=O)(=O)N(C)C)cc21.[HH]. The topological polar surface area (TPSA) is 49.4 Å². The third-order valence-electron chi connectivity index (χ3n) is 2.93. The first-order chi connectivity index (χ1) is 7.43. The highest BCUT2D eigenvalue weighted by atomic mass is 32.2. The monoisotopic (exact) mass is 242 g/mol. The van der Waals surface area contributed by atoms with Crippen molar-refractivity contribution in [3.05, 3.63) is 23.8 Å². The minimum absolute atomic E-state index is 0. The average molecular weight is 242 g/mol. The zero-order valence-electron chi connectivity index (χ0n) is 9.69. The average Bonchev–Trinajstić information content (AvgIpc) is 2.60. The predicted molar refractivity (Wildman–Crippen MR) is 66.3 cm³/mol. The molecule has 0 saturated carbocycles. The first-order valence-electron chi connectivity index (χ1n) is 5.23. The van der Waals surface area contributed by atoms with E-state index in [2.05, 4.69) is 12.2 Å². The lowest BCUT2D eigenvalue weighted by atomic mass is 10.0. The Morgan fingerprint density at radius 3 is 2.75 bits per heavy atom. The van der Waals surface area contributed by atoms with Crippen LogP contribution in [0.25, 0.3) is 0 Å². The Morgan fingerprint density at radius 1 is 1.44 bits per heavy atom. The molecule has 1 aliphatic heterocycles. The van der Waals surface area contributed by atoms with Crippen LogP contribution in [0, 0.1) is 0 Å². The Morgan fingerprint density at radius 2 is 2.12 bits per heavy atom. The van der Waals surface area contributed by atoms with Crippen molar-refractivity contribution in [1.29, 1.82) is 0 Å². The van der Waals surface area contributed by atoms with Crippen molar-refractivity contribution >= 4 is 15.7 Å². The summed E-state index contributed by atoms with van der Waals surface area (Å²) in [5.41, 5.74) is 2.13. The molecule has 0 fully saturated rings. The van der Waals surface area contributed by atoms with Crippen LogP contribution in [0.1, 0.15) is 19.8 Å². The Bertz CT molecular complexity index is 514. The maximum atomic E-state index is 11.9. The molecule has 1 N–H and O–H groups in total. The number of anilines is 1. The van der Waals surface area contributed by atoms with Gasteiger partial charge in [-0.15, -0.1) is 0 Å². The first kappa shape index (κ1) is 11.4. The van der Waals surface area contributed by atoms with Crippen LogP contribution in [0.2, 0.25) is 0 Å². The van der Waals surface area contributed by atoms with Crippen molar-refractivity contribution in [2.45, 2.75) is 17.7 Å². The van der Waals surface area contributed by atoms with Crippen molar-refractivity contribution in [3.63, 3.8) is 0 Å². The van der Waals surface area contributed by atoms with E-state index in [-0.39, 0.29) is 1.43 Å². The molecule has 2 rings (SSSR count). The molecule has 1 unspecified atom stereocenters. The van der Waals surface area contributed by atoms with Crippen molar-refractivity contribution in [2.75, 3.05) is 26.0 Å². The standard InChI is InChI=1S/C11H16N2O2S.H2/c1-8-7-12-11-5-4-9(6-10(8)11)16(14,15)13(2)3;/h4-6,8,12H,7H2,1-3H3;1H. The molecule has 1 atom stereocenters. The van der Waals surface area contributed by atoms with Gasteiger partial charge < -0.3 is 5.32 Å². The zero-order valence-corrected chi connectivity index (χ0v) is 10.5. The van der Waals surface area contributed by atoms with Gasteiger partial charge in [0.05, 0.1) is 4.90 Å². The summed E-state index contributed by atoms with van der Waals surface area (Å²) in [4.78, 5) is 0.367. The first-order valence-corrected chi connectivity index (χ1v) is 6.67. The van der Waals surface area contributed by atoms with Gasteiger partial charge in [0.1, 0.15) is 0 Å². The van der Waals surface area contributed by atoms with Gasteiger partial charge in [-0.05, 0) is 23.8 Å². The third-order valence-corrected chi connectivity index (χ3v) is 4.74. The summed E-state index contributed by atoms with van der Waals surface area (Å²) in [7, 11) is -0.225. The van der Waals surface area contributed by atoms with Crippen molar-refractivity contribution < 1.29 is 9.84 Å². The van der Waals surface area contributed by atoms with E-state index < -0.39 is 10.0 Å². The van der Waals surface area contributed by atoms with Gasteiger partial charge >= 0.3 is 0 Å². The molecule has 1 heterocycles. The molecule has 0 bridgehead atoms. The molecular weight excluding hydrogens is 224 g/mol. The summed E-state index contributed by atoms with van der Waals surface area (Å²) in [6, 6.07) is 5.27. The number of fused-ring (bicyclic) bond motifs is 1. The fourth-order valence-electron chi connectivity index (χ4n) is 1.85. The van der Waals surface area contributed by atoms with Crippen LogP contribution in [0.5, 0.6) is 0 Å². The van der Waals surface area contributed by atoms with Crippen molar-refractivity contribution in [2.24, 2.45) is 0 Å². The van der Waals surface area contributed by atoms with Gasteiger partial charge in [0, 0.05) is 33.7 Å². The molecule has 0 aliphatic carbocycles. The molecule has 0 spiro atoms. The minimum Gasteiger partial charge on any atom is -0.384 e. The highest BCUT2D eigenvalue weighted by Gasteiger charge is 2.23. The summed E-state index contributed by atoms with van der Waals surface area (Å²) < 4.78 is 25.1. The molecule has 0 saturated heterocycles. The van der Waals surface area contributed by atoms with Gasteiger partial charge in [-0.3, -0.25) is 0 Å². The molecule has 0 amide bonds. The maximum absolute atomic E-state index is 11.9. The van der Waals surface area contributed by atoms with E-state index in [4.69, 9.17) is 0 Å². The second-order valence-corrected chi connectivity index (χ2v) is 6.47. The lowest BCUT2D eigenvalue weighted by Crippen LogP contribution is -2.22. The number of sulfonamides is 1. The summed E-state index contributed by atoms with van der Waals surface area (Å²) in [5, 5.41) is 3.25. The zero-order chi connectivity index (χ0) is 11.9. The van der Waals surface area contributed by atoms with Crippen LogP contribution in [-0.2, 0) is 10.0 Å². The van der Waals surface area contributed by atoms with Crippen LogP contribution in [-0.4, -0.2) is 33.4 Å².